The number of nitrogens with one attached hydrogen (secondary N) is 1. The average molecular weight is 374 g/mol. The Balaban J connectivity index is 1.40. The molecule has 2 aromatic rings. The standard InChI is InChI=1S/C19H27N5OS/c1-13-14(2)23-24(15(13)3)12-9-18(25)22-16-5-7-17(8-6-16)26-19-20-10-4-11-21-19/h4,10-11,16-17H,5-9,12H2,1-3H3,(H,22,25). The van der Waals surface area contributed by atoms with Crippen molar-refractivity contribution in [1.82, 2.24) is 25.1 Å². The summed E-state index contributed by atoms with van der Waals surface area (Å²) in [6.45, 7) is 6.78. The number of aromatic nitrogens is 4. The lowest BCUT2D eigenvalue weighted by molar-refractivity contribution is -0.122. The topological polar surface area (TPSA) is 72.7 Å². The second-order valence-electron chi connectivity index (χ2n) is 6.96. The zero-order valence-corrected chi connectivity index (χ0v) is 16.6. The molecule has 140 valence electrons. The van der Waals surface area contributed by atoms with Gasteiger partial charge in [0.1, 0.15) is 0 Å². The SMILES string of the molecule is Cc1nn(CCC(=O)NC2CCC(Sc3ncccn3)CC2)c(C)c1C. The fraction of sp³-hybridized carbons (Fsp3) is 0.579. The molecule has 0 radical (unpaired) electrons. The van der Waals surface area contributed by atoms with Gasteiger partial charge in [0.15, 0.2) is 5.16 Å². The zero-order valence-electron chi connectivity index (χ0n) is 15.7. The Morgan fingerprint density at radius 1 is 1.19 bits per heavy atom. The first kappa shape index (κ1) is 18.9. The van der Waals surface area contributed by atoms with Crippen molar-refractivity contribution in [3.8, 4) is 0 Å². The number of hydrogen-bond donors (Lipinski definition) is 1. The van der Waals surface area contributed by atoms with E-state index in [1.165, 1.54) is 5.56 Å². The van der Waals surface area contributed by atoms with Gasteiger partial charge in [-0.3, -0.25) is 9.48 Å². The largest absolute Gasteiger partial charge is 0.353 e. The molecule has 1 aliphatic carbocycles. The predicted octanol–water partition coefficient (Wildman–Crippen LogP) is 3.21. The predicted molar refractivity (Wildman–Crippen MR) is 103 cm³/mol. The van der Waals surface area contributed by atoms with E-state index in [0.29, 0.717) is 24.3 Å². The molecule has 3 rings (SSSR count). The second kappa shape index (κ2) is 8.66. The molecule has 0 atom stereocenters. The molecule has 0 aliphatic heterocycles. The molecule has 0 aromatic carbocycles. The van der Waals surface area contributed by atoms with Crippen molar-refractivity contribution in [2.75, 3.05) is 0 Å². The van der Waals surface area contributed by atoms with Crippen molar-refractivity contribution < 1.29 is 4.79 Å². The lowest BCUT2D eigenvalue weighted by Crippen LogP contribution is -2.38. The summed E-state index contributed by atoms with van der Waals surface area (Å²) in [5, 5.41) is 9.09. The fourth-order valence-electron chi connectivity index (χ4n) is 3.33. The maximum atomic E-state index is 12.3. The van der Waals surface area contributed by atoms with E-state index in [4.69, 9.17) is 0 Å². The highest BCUT2D eigenvalue weighted by molar-refractivity contribution is 7.99. The molecule has 1 saturated carbocycles. The minimum absolute atomic E-state index is 0.123. The van der Waals surface area contributed by atoms with Crippen LogP contribution in [0.2, 0.25) is 0 Å². The third-order valence-electron chi connectivity index (χ3n) is 5.15. The molecule has 1 fully saturated rings. The molecule has 0 unspecified atom stereocenters. The summed E-state index contributed by atoms with van der Waals surface area (Å²) in [6, 6.07) is 2.13. The molecule has 1 aliphatic rings. The summed E-state index contributed by atoms with van der Waals surface area (Å²) in [5.74, 6) is 0.123. The first-order valence-corrected chi connectivity index (χ1v) is 10.1. The number of aryl methyl sites for hydroxylation is 2. The van der Waals surface area contributed by atoms with Crippen LogP contribution in [0.1, 0.15) is 49.1 Å². The Labute approximate surface area is 159 Å². The van der Waals surface area contributed by atoms with Gasteiger partial charge in [0.05, 0.1) is 5.69 Å². The Bertz CT molecular complexity index is 738. The van der Waals surface area contributed by atoms with Crippen LogP contribution >= 0.6 is 11.8 Å². The lowest BCUT2D eigenvalue weighted by Gasteiger charge is -2.28. The van der Waals surface area contributed by atoms with Crippen LogP contribution in [0.5, 0.6) is 0 Å². The Hall–Kier alpha value is -1.89. The van der Waals surface area contributed by atoms with Crippen LogP contribution in [0.25, 0.3) is 0 Å². The van der Waals surface area contributed by atoms with E-state index in [0.717, 1.165) is 42.2 Å². The van der Waals surface area contributed by atoms with Crippen LogP contribution < -0.4 is 5.32 Å². The summed E-state index contributed by atoms with van der Waals surface area (Å²) in [6.07, 6.45) is 8.27. The highest BCUT2D eigenvalue weighted by Crippen LogP contribution is 2.31. The van der Waals surface area contributed by atoms with Gasteiger partial charge in [-0.05, 0) is 58.1 Å². The number of amides is 1. The van der Waals surface area contributed by atoms with Crippen molar-refractivity contribution in [3.05, 3.63) is 35.4 Å². The van der Waals surface area contributed by atoms with E-state index in [9.17, 15) is 4.79 Å². The summed E-state index contributed by atoms with van der Waals surface area (Å²) >= 11 is 1.75. The van der Waals surface area contributed by atoms with Crippen LogP contribution in [-0.2, 0) is 11.3 Å². The van der Waals surface area contributed by atoms with Crippen LogP contribution in [0.3, 0.4) is 0 Å². The molecule has 0 saturated heterocycles. The molecular formula is C19H27N5OS. The first-order valence-electron chi connectivity index (χ1n) is 9.26. The lowest BCUT2D eigenvalue weighted by atomic mass is 9.95. The van der Waals surface area contributed by atoms with Gasteiger partial charge in [0.2, 0.25) is 5.91 Å². The number of rotatable bonds is 6. The van der Waals surface area contributed by atoms with Gasteiger partial charge < -0.3 is 5.32 Å². The molecule has 1 amide bonds. The van der Waals surface area contributed by atoms with Gasteiger partial charge in [-0.2, -0.15) is 5.10 Å². The number of carbonyl (C=O) groups is 1. The Morgan fingerprint density at radius 2 is 1.88 bits per heavy atom. The maximum absolute atomic E-state index is 12.3. The number of thioether (sulfide) groups is 1. The smallest absolute Gasteiger partial charge is 0.222 e. The van der Waals surface area contributed by atoms with E-state index >= 15 is 0 Å². The van der Waals surface area contributed by atoms with Gasteiger partial charge in [-0.25, -0.2) is 9.97 Å². The molecule has 2 heterocycles. The van der Waals surface area contributed by atoms with Gasteiger partial charge in [-0.15, -0.1) is 0 Å². The van der Waals surface area contributed by atoms with Crippen molar-refractivity contribution in [2.24, 2.45) is 0 Å². The highest BCUT2D eigenvalue weighted by atomic mass is 32.2. The minimum Gasteiger partial charge on any atom is -0.353 e. The third kappa shape index (κ3) is 4.84. The molecule has 6 nitrogen and oxygen atoms in total. The quantitative estimate of drug-likeness (QED) is 0.787. The van der Waals surface area contributed by atoms with Crippen molar-refractivity contribution >= 4 is 17.7 Å². The summed E-state index contributed by atoms with van der Waals surface area (Å²) in [5.41, 5.74) is 3.40. The monoisotopic (exact) mass is 373 g/mol. The van der Waals surface area contributed by atoms with Gasteiger partial charge >= 0.3 is 0 Å². The number of carbonyl (C=O) groups excluding carboxylic acids is 1. The Kier molecular flexibility index (Phi) is 6.29. The molecule has 26 heavy (non-hydrogen) atoms. The van der Waals surface area contributed by atoms with Crippen LogP contribution in [0, 0.1) is 20.8 Å². The molecule has 7 heteroatoms. The highest BCUT2D eigenvalue weighted by Gasteiger charge is 2.23. The van der Waals surface area contributed by atoms with Crippen LogP contribution in [-0.4, -0.2) is 36.9 Å². The average Bonchev–Trinajstić information content (AvgIpc) is 2.89. The molecule has 1 N–H and O–H groups in total. The first-order chi connectivity index (χ1) is 12.5. The van der Waals surface area contributed by atoms with E-state index in [1.807, 2.05) is 17.7 Å². The van der Waals surface area contributed by atoms with Crippen LogP contribution in [0.4, 0.5) is 0 Å². The molecular weight excluding hydrogens is 346 g/mol. The summed E-state index contributed by atoms with van der Waals surface area (Å²) < 4.78 is 1.94. The van der Waals surface area contributed by atoms with Gasteiger partial charge in [0.25, 0.3) is 0 Å². The maximum Gasteiger partial charge on any atom is 0.222 e. The normalized spacial score (nSPS) is 20.1. The van der Waals surface area contributed by atoms with E-state index in [-0.39, 0.29) is 5.91 Å². The van der Waals surface area contributed by atoms with E-state index in [2.05, 4.69) is 34.2 Å². The fourth-order valence-corrected chi connectivity index (χ4v) is 4.38. The van der Waals surface area contributed by atoms with E-state index < -0.39 is 0 Å². The Morgan fingerprint density at radius 3 is 2.50 bits per heavy atom. The van der Waals surface area contributed by atoms with Gasteiger partial charge in [-0.1, -0.05) is 11.8 Å². The number of hydrogen-bond acceptors (Lipinski definition) is 5. The van der Waals surface area contributed by atoms with Crippen LogP contribution in [0.15, 0.2) is 23.6 Å². The molecule has 0 spiro atoms. The number of nitrogens with zero attached hydrogens (tertiary/aromatic N) is 4. The zero-order chi connectivity index (χ0) is 18.5. The molecule has 0 bridgehead atoms. The van der Waals surface area contributed by atoms with E-state index in [1.54, 1.807) is 24.2 Å². The van der Waals surface area contributed by atoms with Crippen molar-refractivity contribution in [3.63, 3.8) is 0 Å². The second-order valence-corrected chi connectivity index (χ2v) is 8.23. The van der Waals surface area contributed by atoms with Crippen molar-refractivity contribution in [1.29, 1.82) is 0 Å². The minimum atomic E-state index is 0.123. The summed E-state index contributed by atoms with van der Waals surface area (Å²) in [7, 11) is 0. The summed E-state index contributed by atoms with van der Waals surface area (Å²) in [4.78, 5) is 20.8. The van der Waals surface area contributed by atoms with Gasteiger partial charge in [0, 0.05) is 42.3 Å². The van der Waals surface area contributed by atoms with Crippen molar-refractivity contribution in [2.45, 2.75) is 75.9 Å². The molecule has 2 aromatic heterocycles. The third-order valence-corrected chi connectivity index (χ3v) is 6.37.